The number of aryl methyl sites for hydroxylation is 1. The molecule has 0 aromatic carbocycles. The average molecular weight is 236 g/mol. The summed E-state index contributed by atoms with van der Waals surface area (Å²) in [5.74, 6) is 0.302. The third-order valence-corrected chi connectivity index (χ3v) is 2.35. The minimum absolute atomic E-state index is 0.320. The largest absolute Gasteiger partial charge is 0.462 e. The van der Waals surface area contributed by atoms with E-state index in [-0.39, 0.29) is 5.97 Å². The second-order valence-electron chi connectivity index (χ2n) is 3.85. The van der Waals surface area contributed by atoms with Gasteiger partial charge in [-0.1, -0.05) is 13.3 Å². The van der Waals surface area contributed by atoms with Gasteiger partial charge in [0, 0.05) is 12.2 Å². The molecule has 0 saturated carbocycles. The van der Waals surface area contributed by atoms with Crippen molar-refractivity contribution in [1.29, 1.82) is 0 Å². The van der Waals surface area contributed by atoms with Gasteiger partial charge in [-0.15, -0.1) is 0 Å². The van der Waals surface area contributed by atoms with Gasteiger partial charge in [-0.2, -0.15) is 0 Å². The summed E-state index contributed by atoms with van der Waals surface area (Å²) >= 11 is 0. The van der Waals surface area contributed by atoms with Crippen LogP contribution in [0.3, 0.4) is 0 Å². The lowest BCUT2D eigenvalue weighted by molar-refractivity contribution is 0.0527. The molecule has 17 heavy (non-hydrogen) atoms. The summed E-state index contributed by atoms with van der Waals surface area (Å²) in [4.78, 5) is 16.0. The number of carbonyl (C=O) groups is 1. The monoisotopic (exact) mass is 236 g/mol. The molecule has 0 aliphatic carbocycles. The first kappa shape index (κ1) is 13.5. The van der Waals surface area contributed by atoms with E-state index in [2.05, 4.69) is 17.2 Å². The van der Waals surface area contributed by atoms with Crippen LogP contribution >= 0.6 is 0 Å². The Kier molecular flexibility index (Phi) is 5.46. The highest BCUT2D eigenvalue weighted by atomic mass is 16.5. The molecule has 0 aliphatic heterocycles. The number of nitrogens with one attached hydrogen (secondary N) is 1. The number of rotatable bonds is 6. The maximum Gasteiger partial charge on any atom is 0.341 e. The van der Waals surface area contributed by atoms with Crippen LogP contribution in [0.4, 0.5) is 5.82 Å². The topological polar surface area (TPSA) is 51.2 Å². The van der Waals surface area contributed by atoms with E-state index in [1.165, 1.54) is 0 Å². The van der Waals surface area contributed by atoms with Crippen LogP contribution in [-0.4, -0.2) is 24.1 Å². The van der Waals surface area contributed by atoms with Crippen molar-refractivity contribution in [1.82, 2.24) is 4.98 Å². The Balaban J connectivity index is 2.83. The van der Waals surface area contributed by atoms with Crippen LogP contribution in [0.15, 0.2) is 12.1 Å². The van der Waals surface area contributed by atoms with E-state index in [0.29, 0.717) is 18.0 Å². The number of carbonyl (C=O) groups excluding carboxylic acids is 1. The Morgan fingerprint density at radius 1 is 1.41 bits per heavy atom. The van der Waals surface area contributed by atoms with Crippen molar-refractivity contribution in [3.05, 3.63) is 23.4 Å². The quantitative estimate of drug-likeness (QED) is 0.609. The van der Waals surface area contributed by atoms with Gasteiger partial charge in [-0.3, -0.25) is 0 Å². The van der Waals surface area contributed by atoms with E-state index in [4.69, 9.17) is 4.74 Å². The Morgan fingerprint density at radius 3 is 2.82 bits per heavy atom. The highest BCUT2D eigenvalue weighted by molar-refractivity contribution is 5.94. The van der Waals surface area contributed by atoms with E-state index in [1.807, 2.05) is 13.0 Å². The molecule has 0 radical (unpaired) electrons. The minimum Gasteiger partial charge on any atom is -0.462 e. The molecule has 1 aromatic heterocycles. The van der Waals surface area contributed by atoms with Crippen molar-refractivity contribution in [2.75, 3.05) is 18.5 Å². The van der Waals surface area contributed by atoms with Gasteiger partial charge >= 0.3 is 5.97 Å². The molecule has 0 bridgehead atoms. The molecule has 4 heteroatoms. The molecule has 0 spiro atoms. The zero-order valence-electron chi connectivity index (χ0n) is 10.7. The molecule has 0 saturated heterocycles. The number of pyridine rings is 1. The van der Waals surface area contributed by atoms with Crippen molar-refractivity contribution in [2.24, 2.45) is 0 Å². The average Bonchev–Trinajstić information content (AvgIpc) is 2.30. The minimum atomic E-state index is -0.320. The van der Waals surface area contributed by atoms with Crippen molar-refractivity contribution in [3.8, 4) is 0 Å². The summed E-state index contributed by atoms with van der Waals surface area (Å²) in [5.41, 5.74) is 1.39. The van der Waals surface area contributed by atoms with Crippen molar-refractivity contribution >= 4 is 11.8 Å². The third kappa shape index (κ3) is 4.06. The second kappa shape index (κ2) is 6.89. The SMILES string of the molecule is CCCCNc1nc(C)ccc1C(=O)OCC. The highest BCUT2D eigenvalue weighted by Crippen LogP contribution is 2.15. The molecule has 0 amide bonds. The summed E-state index contributed by atoms with van der Waals surface area (Å²) < 4.78 is 5.00. The van der Waals surface area contributed by atoms with E-state index in [9.17, 15) is 4.79 Å². The van der Waals surface area contributed by atoms with Gasteiger partial charge in [0.05, 0.1) is 6.61 Å². The zero-order valence-corrected chi connectivity index (χ0v) is 10.7. The van der Waals surface area contributed by atoms with Crippen molar-refractivity contribution in [2.45, 2.75) is 33.6 Å². The number of ether oxygens (including phenoxy) is 1. The third-order valence-electron chi connectivity index (χ3n) is 2.35. The Labute approximate surface area is 102 Å². The summed E-state index contributed by atoms with van der Waals surface area (Å²) in [5, 5.41) is 3.18. The number of aromatic nitrogens is 1. The predicted molar refractivity (Wildman–Crippen MR) is 68.3 cm³/mol. The maximum atomic E-state index is 11.7. The maximum absolute atomic E-state index is 11.7. The molecular weight excluding hydrogens is 216 g/mol. The first-order valence-electron chi connectivity index (χ1n) is 6.07. The van der Waals surface area contributed by atoms with E-state index in [0.717, 1.165) is 25.1 Å². The van der Waals surface area contributed by atoms with Gasteiger partial charge in [-0.25, -0.2) is 9.78 Å². The van der Waals surface area contributed by atoms with Gasteiger partial charge in [0.2, 0.25) is 0 Å². The molecule has 0 unspecified atom stereocenters. The molecule has 1 aromatic rings. The summed E-state index contributed by atoms with van der Waals surface area (Å²) in [6.45, 7) is 7.02. The summed E-state index contributed by atoms with van der Waals surface area (Å²) in [6.07, 6.45) is 2.16. The van der Waals surface area contributed by atoms with Crippen LogP contribution < -0.4 is 5.32 Å². The molecule has 0 aliphatic rings. The molecule has 4 nitrogen and oxygen atoms in total. The second-order valence-corrected chi connectivity index (χ2v) is 3.85. The van der Waals surface area contributed by atoms with E-state index in [1.54, 1.807) is 13.0 Å². The molecule has 94 valence electrons. The highest BCUT2D eigenvalue weighted by Gasteiger charge is 2.13. The van der Waals surface area contributed by atoms with Crippen molar-refractivity contribution in [3.63, 3.8) is 0 Å². The van der Waals surface area contributed by atoms with Crippen LogP contribution in [0, 0.1) is 6.92 Å². The lowest BCUT2D eigenvalue weighted by atomic mass is 10.2. The molecule has 0 atom stereocenters. The van der Waals surface area contributed by atoms with Gasteiger partial charge in [0.15, 0.2) is 0 Å². The first-order chi connectivity index (χ1) is 8.19. The zero-order chi connectivity index (χ0) is 12.7. The first-order valence-corrected chi connectivity index (χ1v) is 6.07. The molecule has 0 fully saturated rings. The normalized spacial score (nSPS) is 10.1. The van der Waals surface area contributed by atoms with Crippen LogP contribution in [0.1, 0.15) is 42.7 Å². The van der Waals surface area contributed by atoms with Gasteiger partial charge in [0.1, 0.15) is 11.4 Å². The lowest BCUT2D eigenvalue weighted by Crippen LogP contribution is -2.12. The fraction of sp³-hybridized carbons (Fsp3) is 0.538. The molecule has 1 rings (SSSR count). The van der Waals surface area contributed by atoms with Crippen LogP contribution in [0.5, 0.6) is 0 Å². The Hall–Kier alpha value is -1.58. The van der Waals surface area contributed by atoms with Crippen LogP contribution in [-0.2, 0) is 4.74 Å². The Morgan fingerprint density at radius 2 is 2.18 bits per heavy atom. The number of hydrogen-bond acceptors (Lipinski definition) is 4. The number of nitrogens with zero attached hydrogens (tertiary/aromatic N) is 1. The van der Waals surface area contributed by atoms with E-state index >= 15 is 0 Å². The number of unbranched alkanes of at least 4 members (excludes halogenated alkanes) is 1. The Bertz CT molecular complexity index is 378. The molecule has 1 N–H and O–H groups in total. The predicted octanol–water partition coefficient (Wildman–Crippen LogP) is 2.78. The summed E-state index contributed by atoms with van der Waals surface area (Å²) in [7, 11) is 0. The fourth-order valence-electron chi connectivity index (χ4n) is 1.45. The number of esters is 1. The van der Waals surface area contributed by atoms with E-state index < -0.39 is 0 Å². The smallest absolute Gasteiger partial charge is 0.341 e. The number of anilines is 1. The number of hydrogen-bond donors (Lipinski definition) is 1. The molecular formula is C13H20N2O2. The summed E-state index contributed by atoms with van der Waals surface area (Å²) in [6, 6.07) is 3.58. The van der Waals surface area contributed by atoms with Gasteiger partial charge in [0.25, 0.3) is 0 Å². The van der Waals surface area contributed by atoms with Gasteiger partial charge in [-0.05, 0) is 32.4 Å². The van der Waals surface area contributed by atoms with Crippen molar-refractivity contribution < 1.29 is 9.53 Å². The fourth-order valence-corrected chi connectivity index (χ4v) is 1.45. The lowest BCUT2D eigenvalue weighted by Gasteiger charge is -2.10. The van der Waals surface area contributed by atoms with Crippen LogP contribution in [0.25, 0.3) is 0 Å². The van der Waals surface area contributed by atoms with Gasteiger partial charge < -0.3 is 10.1 Å². The van der Waals surface area contributed by atoms with Crippen LogP contribution in [0.2, 0.25) is 0 Å². The standard InChI is InChI=1S/C13H20N2O2/c1-4-6-9-14-12-11(13(16)17-5-2)8-7-10(3)15-12/h7-8H,4-6,9H2,1-3H3,(H,14,15). The molecule has 1 heterocycles.